The number of carbonyl (C=O) groups excluding carboxylic acids is 1. The molecule has 1 N–H and O–H groups in total. The SMILES string of the molecule is CCCC(=O)ON1CCC(CCCCCc2ccc3c(n2)NCCC3)C1c1cccnc1C1CC1. The van der Waals surface area contributed by atoms with Crippen LogP contribution in [0.15, 0.2) is 30.5 Å². The Bertz CT molecular complexity index is 1010. The first kappa shape index (κ1) is 24.2. The summed E-state index contributed by atoms with van der Waals surface area (Å²) >= 11 is 0. The molecule has 2 fully saturated rings. The van der Waals surface area contributed by atoms with Crippen LogP contribution in [0.25, 0.3) is 0 Å². The highest BCUT2D eigenvalue weighted by Crippen LogP contribution is 2.47. The van der Waals surface area contributed by atoms with Crippen LogP contribution < -0.4 is 5.32 Å². The van der Waals surface area contributed by atoms with Crippen LogP contribution in [-0.4, -0.2) is 34.1 Å². The lowest BCUT2D eigenvalue weighted by atomic mass is 9.88. The first-order valence-corrected chi connectivity index (χ1v) is 13.9. The molecule has 6 nitrogen and oxygen atoms in total. The number of aromatic nitrogens is 2. The van der Waals surface area contributed by atoms with Gasteiger partial charge in [0.2, 0.25) is 0 Å². The van der Waals surface area contributed by atoms with E-state index in [0.717, 1.165) is 51.0 Å². The van der Waals surface area contributed by atoms with Gasteiger partial charge >= 0.3 is 5.97 Å². The van der Waals surface area contributed by atoms with Gasteiger partial charge in [0.05, 0.1) is 6.04 Å². The summed E-state index contributed by atoms with van der Waals surface area (Å²) in [4.78, 5) is 27.9. The van der Waals surface area contributed by atoms with Gasteiger partial charge in [0.1, 0.15) is 5.82 Å². The number of hydroxylamine groups is 2. The van der Waals surface area contributed by atoms with Crippen molar-refractivity contribution in [3.05, 3.63) is 53.0 Å². The third-order valence-electron chi connectivity index (χ3n) is 7.76. The average molecular weight is 477 g/mol. The molecule has 2 atom stereocenters. The summed E-state index contributed by atoms with van der Waals surface area (Å²) in [6.07, 6.45) is 14.8. The molecule has 1 saturated heterocycles. The van der Waals surface area contributed by atoms with Gasteiger partial charge in [-0.05, 0) is 87.0 Å². The molecule has 0 aromatic carbocycles. The Morgan fingerprint density at radius 1 is 1.17 bits per heavy atom. The van der Waals surface area contributed by atoms with Crippen molar-refractivity contribution in [2.24, 2.45) is 5.92 Å². The van der Waals surface area contributed by atoms with E-state index in [1.54, 1.807) is 0 Å². The molecule has 0 radical (unpaired) electrons. The Labute approximate surface area is 209 Å². The van der Waals surface area contributed by atoms with Crippen molar-refractivity contribution in [1.29, 1.82) is 0 Å². The molecule has 188 valence electrons. The maximum atomic E-state index is 12.3. The quantitative estimate of drug-likeness (QED) is 0.393. The summed E-state index contributed by atoms with van der Waals surface area (Å²) < 4.78 is 0. The van der Waals surface area contributed by atoms with Gasteiger partial charge < -0.3 is 10.2 Å². The topological polar surface area (TPSA) is 67.3 Å². The van der Waals surface area contributed by atoms with Gasteiger partial charge in [-0.2, -0.15) is 0 Å². The molecule has 1 aliphatic carbocycles. The lowest BCUT2D eigenvalue weighted by Gasteiger charge is -2.28. The van der Waals surface area contributed by atoms with E-state index in [2.05, 4.69) is 23.5 Å². The van der Waals surface area contributed by atoms with Crippen LogP contribution in [0.4, 0.5) is 5.82 Å². The maximum absolute atomic E-state index is 12.3. The summed E-state index contributed by atoms with van der Waals surface area (Å²) in [5.74, 6) is 2.07. The van der Waals surface area contributed by atoms with Gasteiger partial charge in [0, 0.05) is 43.0 Å². The first-order valence-electron chi connectivity index (χ1n) is 13.9. The van der Waals surface area contributed by atoms with Gasteiger partial charge in [0.15, 0.2) is 0 Å². The highest BCUT2D eigenvalue weighted by molar-refractivity contribution is 5.69. The van der Waals surface area contributed by atoms with Crippen molar-refractivity contribution in [2.45, 2.75) is 95.9 Å². The Morgan fingerprint density at radius 2 is 2.09 bits per heavy atom. The van der Waals surface area contributed by atoms with Gasteiger partial charge in [-0.1, -0.05) is 31.9 Å². The summed E-state index contributed by atoms with van der Waals surface area (Å²) in [7, 11) is 0. The second-order valence-electron chi connectivity index (χ2n) is 10.5. The molecular weight excluding hydrogens is 436 g/mol. The van der Waals surface area contributed by atoms with E-state index in [-0.39, 0.29) is 12.0 Å². The molecule has 0 amide bonds. The predicted octanol–water partition coefficient (Wildman–Crippen LogP) is 6.14. The number of nitrogens with one attached hydrogen (secondary N) is 1. The van der Waals surface area contributed by atoms with E-state index in [4.69, 9.17) is 14.8 Å². The number of rotatable bonds is 11. The van der Waals surface area contributed by atoms with Crippen LogP contribution in [0.3, 0.4) is 0 Å². The van der Waals surface area contributed by atoms with E-state index in [1.165, 1.54) is 61.0 Å². The normalized spacial score (nSPS) is 22.0. The van der Waals surface area contributed by atoms with Crippen molar-refractivity contribution in [1.82, 2.24) is 15.0 Å². The maximum Gasteiger partial charge on any atom is 0.325 e. The largest absolute Gasteiger partial charge is 0.370 e. The Morgan fingerprint density at radius 3 is 2.94 bits per heavy atom. The van der Waals surface area contributed by atoms with Crippen LogP contribution >= 0.6 is 0 Å². The van der Waals surface area contributed by atoms with E-state index >= 15 is 0 Å². The fourth-order valence-electron chi connectivity index (χ4n) is 5.79. The monoisotopic (exact) mass is 476 g/mol. The van der Waals surface area contributed by atoms with Crippen LogP contribution in [0.5, 0.6) is 0 Å². The fourth-order valence-corrected chi connectivity index (χ4v) is 5.79. The van der Waals surface area contributed by atoms with Gasteiger partial charge in [-0.15, -0.1) is 5.06 Å². The summed E-state index contributed by atoms with van der Waals surface area (Å²) in [6, 6.07) is 8.87. The average Bonchev–Trinajstić information content (AvgIpc) is 3.65. The van der Waals surface area contributed by atoms with Gasteiger partial charge in [-0.25, -0.2) is 4.98 Å². The molecule has 0 bridgehead atoms. The number of unbranched alkanes of at least 4 members (excludes halogenated alkanes) is 2. The Kier molecular flexibility index (Phi) is 7.97. The second-order valence-corrected chi connectivity index (χ2v) is 10.5. The van der Waals surface area contributed by atoms with E-state index in [1.807, 2.05) is 24.3 Å². The molecule has 4 heterocycles. The standard InChI is InChI=1S/C29H40N4O2/c1-2-8-26(34)35-33-20-17-22(28(33)25-12-7-18-30-27(25)21-13-14-21)9-4-3-5-11-24-16-15-23-10-6-19-31-29(23)32-24/h7,12,15-16,18,21-22,28H,2-6,8-11,13-14,17,19-20H2,1H3,(H,31,32). The predicted molar refractivity (Wildman–Crippen MR) is 138 cm³/mol. The number of carbonyl (C=O) groups is 1. The van der Waals surface area contributed by atoms with Crippen molar-refractivity contribution in [3.63, 3.8) is 0 Å². The smallest absolute Gasteiger partial charge is 0.325 e. The number of anilines is 1. The minimum Gasteiger partial charge on any atom is -0.370 e. The fraction of sp³-hybridized carbons (Fsp3) is 0.621. The molecule has 2 aliphatic heterocycles. The molecule has 2 aromatic rings. The second kappa shape index (κ2) is 11.5. The first-order chi connectivity index (χ1) is 17.2. The molecule has 2 unspecified atom stereocenters. The molecule has 1 saturated carbocycles. The number of hydrogen-bond acceptors (Lipinski definition) is 6. The summed E-state index contributed by atoms with van der Waals surface area (Å²) in [6.45, 7) is 3.88. The third kappa shape index (κ3) is 6.03. The van der Waals surface area contributed by atoms with Crippen LogP contribution in [0.2, 0.25) is 0 Å². The highest BCUT2D eigenvalue weighted by Gasteiger charge is 2.41. The minimum absolute atomic E-state index is 0.109. The zero-order valence-electron chi connectivity index (χ0n) is 21.2. The molecule has 5 rings (SSSR count). The number of aryl methyl sites for hydroxylation is 2. The van der Waals surface area contributed by atoms with E-state index in [9.17, 15) is 4.79 Å². The number of fused-ring (bicyclic) bond motifs is 1. The van der Waals surface area contributed by atoms with Crippen molar-refractivity contribution in [3.8, 4) is 0 Å². The van der Waals surface area contributed by atoms with Crippen LogP contribution in [-0.2, 0) is 22.5 Å². The molecule has 0 spiro atoms. The number of pyridine rings is 2. The van der Waals surface area contributed by atoms with Gasteiger partial charge in [0.25, 0.3) is 0 Å². The van der Waals surface area contributed by atoms with Crippen LogP contribution in [0.1, 0.15) is 106 Å². The lowest BCUT2D eigenvalue weighted by Crippen LogP contribution is -2.29. The van der Waals surface area contributed by atoms with Crippen molar-refractivity contribution in [2.75, 3.05) is 18.4 Å². The Balaban J connectivity index is 1.18. The molecule has 3 aliphatic rings. The number of nitrogens with zero attached hydrogens (tertiary/aromatic N) is 3. The van der Waals surface area contributed by atoms with E-state index < -0.39 is 0 Å². The molecule has 6 heteroatoms. The zero-order valence-corrected chi connectivity index (χ0v) is 21.2. The summed E-state index contributed by atoms with van der Waals surface area (Å²) in [5, 5.41) is 5.43. The zero-order chi connectivity index (χ0) is 24.0. The third-order valence-corrected chi connectivity index (χ3v) is 7.76. The van der Waals surface area contributed by atoms with E-state index in [0.29, 0.717) is 18.3 Å². The molecule has 35 heavy (non-hydrogen) atoms. The number of hydrogen-bond donors (Lipinski definition) is 1. The molecular formula is C29H40N4O2. The van der Waals surface area contributed by atoms with Crippen molar-refractivity contribution < 1.29 is 9.63 Å². The lowest BCUT2D eigenvalue weighted by molar-refractivity contribution is -0.197. The summed E-state index contributed by atoms with van der Waals surface area (Å²) in [5.41, 5.74) is 5.08. The molecule has 2 aromatic heterocycles. The van der Waals surface area contributed by atoms with Gasteiger partial charge in [-0.3, -0.25) is 9.78 Å². The Hall–Kier alpha value is -2.47. The minimum atomic E-state index is -0.109. The van der Waals surface area contributed by atoms with Crippen LogP contribution in [0, 0.1) is 5.92 Å². The highest BCUT2D eigenvalue weighted by atomic mass is 16.7. The van der Waals surface area contributed by atoms with Crippen molar-refractivity contribution >= 4 is 11.8 Å².